The lowest BCUT2D eigenvalue weighted by Crippen LogP contribution is -2.47. The Balaban J connectivity index is 1.60. The average Bonchev–Trinajstić information content (AvgIpc) is 3.17. The summed E-state index contributed by atoms with van der Waals surface area (Å²) in [5.41, 5.74) is -1.28. The van der Waals surface area contributed by atoms with Gasteiger partial charge in [0.05, 0.1) is 11.1 Å². The van der Waals surface area contributed by atoms with Gasteiger partial charge in [0.15, 0.2) is 0 Å². The molecule has 1 fully saturated rings. The molecule has 0 amide bonds. The highest BCUT2D eigenvalue weighted by molar-refractivity contribution is 5.93. The summed E-state index contributed by atoms with van der Waals surface area (Å²) in [7, 11) is 0. The van der Waals surface area contributed by atoms with Crippen molar-refractivity contribution in [2.75, 3.05) is 25.0 Å². The molecule has 4 heterocycles. The van der Waals surface area contributed by atoms with Crippen molar-refractivity contribution in [2.24, 2.45) is 5.41 Å². The van der Waals surface area contributed by atoms with Crippen LogP contribution in [0.5, 0.6) is 0 Å². The summed E-state index contributed by atoms with van der Waals surface area (Å²) in [6.07, 6.45) is 0.809. The van der Waals surface area contributed by atoms with Crippen molar-refractivity contribution >= 4 is 23.0 Å². The maximum Gasteiger partial charge on any atom is 0.419 e. The third-order valence-corrected chi connectivity index (χ3v) is 5.84. The van der Waals surface area contributed by atoms with E-state index in [1.165, 1.54) is 6.20 Å². The predicted octanol–water partition coefficient (Wildman–Crippen LogP) is 4.03. The molecule has 0 radical (unpaired) electrons. The van der Waals surface area contributed by atoms with Crippen molar-refractivity contribution in [1.82, 2.24) is 24.8 Å². The van der Waals surface area contributed by atoms with Gasteiger partial charge in [0.2, 0.25) is 5.95 Å². The SMILES string of the molecule is CC(C)(CN1CCC[C@H](Nc2ncc(C(F)(F)F)c(-c3c[nH]c4ncccc34)n2)C1)C(=O)O. The zero-order chi connectivity index (χ0) is 23.8. The maximum atomic E-state index is 13.7. The molecule has 1 aliphatic heterocycles. The van der Waals surface area contributed by atoms with Crippen LogP contribution >= 0.6 is 0 Å². The van der Waals surface area contributed by atoms with E-state index >= 15 is 0 Å². The number of nitrogens with zero attached hydrogens (tertiary/aromatic N) is 4. The zero-order valence-corrected chi connectivity index (χ0v) is 18.3. The Labute approximate surface area is 188 Å². The number of nitrogens with one attached hydrogen (secondary N) is 2. The van der Waals surface area contributed by atoms with Gasteiger partial charge in [-0.3, -0.25) is 4.79 Å². The molecule has 1 saturated heterocycles. The number of halogens is 3. The Morgan fingerprint density at radius 3 is 2.85 bits per heavy atom. The number of pyridine rings is 1. The number of likely N-dealkylation sites (tertiary alicyclic amines) is 1. The molecule has 4 rings (SSSR count). The fourth-order valence-electron chi connectivity index (χ4n) is 4.14. The van der Waals surface area contributed by atoms with Crippen LogP contribution in [0.3, 0.4) is 0 Å². The van der Waals surface area contributed by atoms with E-state index in [9.17, 15) is 23.1 Å². The fourth-order valence-corrected chi connectivity index (χ4v) is 4.14. The van der Waals surface area contributed by atoms with Gasteiger partial charge in [-0.1, -0.05) is 0 Å². The number of rotatable bonds is 6. The number of piperidine rings is 1. The molecule has 0 spiro atoms. The number of aromatic amines is 1. The summed E-state index contributed by atoms with van der Waals surface area (Å²) in [5, 5.41) is 13.1. The molecule has 33 heavy (non-hydrogen) atoms. The lowest BCUT2D eigenvalue weighted by Gasteiger charge is -2.36. The molecule has 8 nitrogen and oxygen atoms in total. The number of carbonyl (C=O) groups is 1. The molecule has 0 unspecified atom stereocenters. The monoisotopic (exact) mass is 462 g/mol. The number of carboxylic acid groups (broad SMARTS) is 1. The largest absolute Gasteiger partial charge is 0.481 e. The van der Waals surface area contributed by atoms with E-state index in [4.69, 9.17) is 0 Å². The number of anilines is 1. The minimum absolute atomic E-state index is 0.0978. The highest BCUT2D eigenvalue weighted by Gasteiger charge is 2.36. The van der Waals surface area contributed by atoms with Crippen molar-refractivity contribution in [3.63, 3.8) is 0 Å². The number of aliphatic carboxylic acids is 1. The van der Waals surface area contributed by atoms with E-state index in [1.54, 1.807) is 32.2 Å². The van der Waals surface area contributed by atoms with E-state index in [0.29, 0.717) is 29.7 Å². The highest BCUT2D eigenvalue weighted by atomic mass is 19.4. The second-order valence-electron chi connectivity index (χ2n) is 8.96. The zero-order valence-electron chi connectivity index (χ0n) is 18.3. The van der Waals surface area contributed by atoms with Crippen LogP contribution in [0, 0.1) is 5.41 Å². The Hall–Kier alpha value is -3.21. The van der Waals surface area contributed by atoms with Gasteiger partial charge in [-0.15, -0.1) is 0 Å². The second-order valence-corrected chi connectivity index (χ2v) is 8.96. The molecule has 0 aromatic carbocycles. The highest BCUT2D eigenvalue weighted by Crippen LogP contribution is 2.38. The van der Waals surface area contributed by atoms with E-state index in [2.05, 4.69) is 25.3 Å². The van der Waals surface area contributed by atoms with E-state index in [-0.39, 0.29) is 17.7 Å². The number of carboxylic acids is 1. The third kappa shape index (κ3) is 4.92. The number of aromatic nitrogens is 4. The molecule has 0 bridgehead atoms. The summed E-state index contributed by atoms with van der Waals surface area (Å²) in [6, 6.07) is 3.23. The van der Waals surface area contributed by atoms with Crippen molar-refractivity contribution in [3.8, 4) is 11.3 Å². The van der Waals surface area contributed by atoms with Gasteiger partial charge >= 0.3 is 12.1 Å². The average molecular weight is 462 g/mol. The lowest BCUT2D eigenvalue weighted by molar-refractivity contribution is -0.148. The molecule has 176 valence electrons. The topological polar surface area (TPSA) is 107 Å². The Morgan fingerprint density at radius 1 is 1.33 bits per heavy atom. The smallest absolute Gasteiger partial charge is 0.419 e. The van der Waals surface area contributed by atoms with Crippen LogP contribution in [0.1, 0.15) is 32.3 Å². The molecule has 3 N–H and O–H groups in total. The molecule has 1 aliphatic rings. The standard InChI is InChI=1S/C22H25F3N6O2/c1-21(2,19(32)33)12-31-8-4-5-13(11-31)29-20-28-10-16(22(23,24)25)17(30-20)15-9-27-18-14(15)6-3-7-26-18/h3,6-7,9-10,13H,4-5,8,11-12H2,1-2H3,(H,26,27)(H,32,33)(H,28,29,30)/t13-/m0/s1. The lowest BCUT2D eigenvalue weighted by atomic mass is 9.91. The normalized spacial score (nSPS) is 17.9. The first kappa shape index (κ1) is 23.0. The number of hydrogen-bond acceptors (Lipinski definition) is 6. The summed E-state index contributed by atoms with van der Waals surface area (Å²) < 4.78 is 41.2. The van der Waals surface area contributed by atoms with Gasteiger partial charge in [0, 0.05) is 48.7 Å². The first-order valence-electron chi connectivity index (χ1n) is 10.6. The maximum absolute atomic E-state index is 13.7. The van der Waals surface area contributed by atoms with Crippen LogP contribution in [0.15, 0.2) is 30.7 Å². The summed E-state index contributed by atoms with van der Waals surface area (Å²) in [6.45, 7) is 5.03. The van der Waals surface area contributed by atoms with Crippen LogP contribution < -0.4 is 5.32 Å². The van der Waals surface area contributed by atoms with Crippen LogP contribution in [-0.4, -0.2) is 61.6 Å². The van der Waals surface area contributed by atoms with Crippen LogP contribution in [-0.2, 0) is 11.0 Å². The summed E-state index contributed by atoms with van der Waals surface area (Å²) in [4.78, 5) is 28.7. The minimum Gasteiger partial charge on any atom is -0.481 e. The van der Waals surface area contributed by atoms with Crippen LogP contribution in [0.2, 0.25) is 0 Å². The Morgan fingerprint density at radius 2 is 2.12 bits per heavy atom. The van der Waals surface area contributed by atoms with Crippen molar-refractivity contribution in [2.45, 2.75) is 38.9 Å². The predicted molar refractivity (Wildman–Crippen MR) is 117 cm³/mol. The number of fused-ring (bicyclic) bond motifs is 1. The van der Waals surface area contributed by atoms with Gasteiger partial charge in [0.1, 0.15) is 11.2 Å². The first-order chi connectivity index (χ1) is 15.5. The Bertz CT molecular complexity index is 1160. The molecule has 11 heteroatoms. The van der Waals surface area contributed by atoms with E-state index < -0.39 is 23.1 Å². The van der Waals surface area contributed by atoms with Gasteiger partial charge < -0.3 is 20.3 Å². The summed E-state index contributed by atoms with van der Waals surface area (Å²) in [5.74, 6) is -0.776. The minimum atomic E-state index is -4.62. The molecule has 3 aromatic heterocycles. The van der Waals surface area contributed by atoms with Crippen molar-refractivity contribution in [3.05, 3.63) is 36.3 Å². The molecule has 1 atom stereocenters. The van der Waals surface area contributed by atoms with Gasteiger partial charge in [-0.2, -0.15) is 13.2 Å². The van der Waals surface area contributed by atoms with Gasteiger partial charge in [-0.05, 0) is 45.4 Å². The second kappa shape index (κ2) is 8.62. The van der Waals surface area contributed by atoms with Crippen molar-refractivity contribution < 1.29 is 23.1 Å². The molecule has 0 saturated carbocycles. The molecule has 3 aromatic rings. The number of hydrogen-bond donors (Lipinski definition) is 3. The van der Waals surface area contributed by atoms with Crippen molar-refractivity contribution in [1.29, 1.82) is 0 Å². The molecule has 0 aliphatic carbocycles. The summed E-state index contributed by atoms with van der Waals surface area (Å²) >= 11 is 0. The first-order valence-corrected chi connectivity index (χ1v) is 10.6. The van der Waals surface area contributed by atoms with E-state index in [0.717, 1.165) is 25.6 Å². The van der Waals surface area contributed by atoms with E-state index in [1.807, 2.05) is 4.90 Å². The number of H-pyrrole nitrogens is 1. The van der Waals surface area contributed by atoms with Crippen LogP contribution in [0.25, 0.3) is 22.3 Å². The van der Waals surface area contributed by atoms with Gasteiger partial charge in [-0.25, -0.2) is 15.0 Å². The fraction of sp³-hybridized carbons (Fsp3) is 0.455. The molecular formula is C22H25F3N6O2. The Kier molecular flexibility index (Phi) is 6.00. The quantitative estimate of drug-likeness (QED) is 0.508. The van der Waals surface area contributed by atoms with Gasteiger partial charge in [0.25, 0.3) is 0 Å². The van der Waals surface area contributed by atoms with Crippen LogP contribution in [0.4, 0.5) is 19.1 Å². The molecular weight excluding hydrogens is 437 g/mol. The number of alkyl halides is 3. The third-order valence-electron chi connectivity index (χ3n) is 5.84.